The number of nitrogens with zero attached hydrogens (tertiary/aromatic N) is 3. The first kappa shape index (κ1) is 23.6. The van der Waals surface area contributed by atoms with Crippen molar-refractivity contribution in [3.05, 3.63) is 140 Å². The van der Waals surface area contributed by atoms with Crippen molar-refractivity contribution >= 4 is 43.7 Å². The van der Waals surface area contributed by atoms with Crippen LogP contribution in [-0.2, 0) is 0 Å². The molecule has 4 nitrogen and oxygen atoms in total. The third-order valence-corrected chi connectivity index (χ3v) is 8.96. The maximum Gasteiger partial charge on any atom is 0.235 e. The van der Waals surface area contributed by atoms with E-state index in [1.54, 1.807) is 0 Å². The second kappa shape index (κ2) is 8.76. The molecule has 3 heterocycles. The van der Waals surface area contributed by atoms with E-state index in [2.05, 4.69) is 132 Å². The fourth-order valence-corrected chi connectivity index (χ4v) is 7.18. The summed E-state index contributed by atoms with van der Waals surface area (Å²) < 4.78 is 8.71. The van der Waals surface area contributed by atoms with Gasteiger partial charge < -0.3 is 4.42 Å². The molecule has 0 fully saturated rings. The molecule has 6 aromatic carbocycles. The van der Waals surface area contributed by atoms with Crippen molar-refractivity contribution < 1.29 is 4.42 Å². The number of benzene rings is 6. The molecule has 204 valence electrons. The van der Waals surface area contributed by atoms with Gasteiger partial charge in [0, 0.05) is 32.7 Å². The van der Waals surface area contributed by atoms with Gasteiger partial charge in [-0.3, -0.25) is 4.57 Å². The predicted octanol–water partition coefficient (Wildman–Crippen LogP) is 10.5. The minimum Gasteiger partial charge on any atom is -0.456 e. The van der Waals surface area contributed by atoms with E-state index in [1.165, 1.54) is 27.5 Å². The molecule has 0 N–H and O–H groups in total. The molecule has 0 atom stereocenters. The van der Waals surface area contributed by atoms with E-state index in [9.17, 15) is 0 Å². The average Bonchev–Trinajstić information content (AvgIpc) is 3.61. The van der Waals surface area contributed by atoms with Gasteiger partial charge in [0.15, 0.2) is 0 Å². The molecule has 3 aromatic heterocycles. The molecule has 0 spiro atoms. The quantitative estimate of drug-likeness (QED) is 0.216. The number of fused-ring (bicyclic) bond motifs is 3. The summed E-state index contributed by atoms with van der Waals surface area (Å²) in [6.45, 7) is 0. The third kappa shape index (κ3) is 3.11. The molecule has 0 saturated carbocycles. The van der Waals surface area contributed by atoms with E-state index in [4.69, 9.17) is 14.4 Å². The lowest BCUT2D eigenvalue weighted by molar-refractivity contribution is 0.669. The Kier molecular flexibility index (Phi) is 4.69. The smallest absolute Gasteiger partial charge is 0.235 e. The van der Waals surface area contributed by atoms with Crippen LogP contribution in [-0.4, -0.2) is 14.5 Å². The van der Waals surface area contributed by atoms with Crippen molar-refractivity contribution in [1.82, 2.24) is 14.5 Å². The van der Waals surface area contributed by atoms with Crippen molar-refractivity contribution in [2.75, 3.05) is 0 Å². The minimum absolute atomic E-state index is 0.646. The van der Waals surface area contributed by atoms with Crippen molar-refractivity contribution in [3.63, 3.8) is 0 Å². The monoisotopic (exact) mass is 561 g/mol. The van der Waals surface area contributed by atoms with Gasteiger partial charge >= 0.3 is 0 Å². The van der Waals surface area contributed by atoms with E-state index < -0.39 is 0 Å². The molecular formula is C40H23N3O. The number of furan rings is 1. The molecule has 4 heteroatoms. The Morgan fingerprint density at radius 3 is 1.86 bits per heavy atom. The van der Waals surface area contributed by atoms with Crippen molar-refractivity contribution in [1.29, 1.82) is 0 Å². The highest BCUT2D eigenvalue weighted by molar-refractivity contribution is 6.27. The molecule has 0 saturated heterocycles. The highest BCUT2D eigenvalue weighted by atomic mass is 16.3. The van der Waals surface area contributed by atoms with Crippen molar-refractivity contribution in [2.24, 2.45) is 0 Å². The average molecular weight is 562 g/mol. The van der Waals surface area contributed by atoms with Gasteiger partial charge in [0.2, 0.25) is 5.95 Å². The van der Waals surface area contributed by atoms with Crippen molar-refractivity contribution in [3.8, 4) is 50.7 Å². The summed E-state index contributed by atoms with van der Waals surface area (Å²) in [5.74, 6) is 0.646. The highest BCUT2D eigenvalue weighted by Gasteiger charge is 2.30. The zero-order valence-corrected chi connectivity index (χ0v) is 23.5. The van der Waals surface area contributed by atoms with Gasteiger partial charge in [-0.25, -0.2) is 9.97 Å². The van der Waals surface area contributed by atoms with Gasteiger partial charge in [0.1, 0.15) is 11.2 Å². The van der Waals surface area contributed by atoms with Gasteiger partial charge in [0.05, 0.1) is 22.4 Å². The van der Waals surface area contributed by atoms with E-state index in [-0.39, 0.29) is 0 Å². The molecule has 0 aliphatic heterocycles. The molecule has 0 bridgehead atoms. The topological polar surface area (TPSA) is 43.9 Å². The molecule has 1 aliphatic carbocycles. The number of hydrogen-bond donors (Lipinski definition) is 0. The number of hydrogen-bond acceptors (Lipinski definition) is 3. The second-order valence-electron chi connectivity index (χ2n) is 11.3. The largest absolute Gasteiger partial charge is 0.456 e. The SMILES string of the molecule is c1ccc(-c2nc(-n3c(-c4ccccc4)c4c5c(cccc53)-c3cccc5oc6cccc-4c6c35)nc3ccccc23)cc1. The van der Waals surface area contributed by atoms with E-state index in [0.717, 1.165) is 61.1 Å². The number of aromatic nitrogens is 3. The van der Waals surface area contributed by atoms with Gasteiger partial charge in [-0.05, 0) is 46.5 Å². The molecule has 1 aliphatic rings. The Morgan fingerprint density at radius 1 is 0.477 bits per heavy atom. The number of para-hydroxylation sites is 1. The highest BCUT2D eigenvalue weighted by Crippen LogP contribution is 2.53. The van der Waals surface area contributed by atoms with Crippen LogP contribution in [0.5, 0.6) is 0 Å². The van der Waals surface area contributed by atoms with Crippen LogP contribution in [0.1, 0.15) is 0 Å². The first-order valence-electron chi connectivity index (χ1n) is 14.9. The summed E-state index contributed by atoms with van der Waals surface area (Å²) in [7, 11) is 0. The predicted molar refractivity (Wildman–Crippen MR) is 179 cm³/mol. The van der Waals surface area contributed by atoms with Gasteiger partial charge in [-0.2, -0.15) is 0 Å². The summed E-state index contributed by atoms with van der Waals surface area (Å²) in [4.78, 5) is 10.6. The Bertz CT molecular complexity index is 2590. The molecular weight excluding hydrogens is 538 g/mol. The normalized spacial score (nSPS) is 12.1. The first-order chi connectivity index (χ1) is 21.8. The first-order valence-corrected chi connectivity index (χ1v) is 14.9. The van der Waals surface area contributed by atoms with Crippen LogP contribution < -0.4 is 0 Å². The third-order valence-electron chi connectivity index (χ3n) is 8.96. The molecule has 9 aromatic rings. The summed E-state index contributed by atoms with van der Waals surface area (Å²) in [5.41, 5.74) is 12.6. The molecule has 0 amide bonds. The van der Waals surface area contributed by atoms with Gasteiger partial charge in [-0.1, -0.05) is 115 Å². The fourth-order valence-electron chi connectivity index (χ4n) is 7.18. The fraction of sp³-hybridized carbons (Fsp3) is 0. The zero-order chi connectivity index (χ0) is 28.8. The maximum atomic E-state index is 6.44. The lowest BCUT2D eigenvalue weighted by atomic mass is 9.95. The van der Waals surface area contributed by atoms with Crippen LogP contribution in [0.3, 0.4) is 0 Å². The lowest BCUT2D eigenvalue weighted by Crippen LogP contribution is -2.05. The van der Waals surface area contributed by atoms with Crippen LogP contribution in [0.4, 0.5) is 0 Å². The van der Waals surface area contributed by atoms with E-state index in [1.807, 2.05) is 12.1 Å². The second-order valence-corrected chi connectivity index (χ2v) is 11.3. The lowest BCUT2D eigenvalue weighted by Gasteiger charge is -2.15. The van der Waals surface area contributed by atoms with Crippen LogP contribution in [0, 0.1) is 0 Å². The van der Waals surface area contributed by atoms with Gasteiger partial charge in [-0.15, -0.1) is 0 Å². The summed E-state index contributed by atoms with van der Waals surface area (Å²) in [6.07, 6.45) is 0. The van der Waals surface area contributed by atoms with E-state index >= 15 is 0 Å². The Balaban J connectivity index is 1.43. The zero-order valence-electron chi connectivity index (χ0n) is 23.5. The van der Waals surface area contributed by atoms with Crippen LogP contribution >= 0.6 is 0 Å². The molecule has 0 radical (unpaired) electrons. The maximum absolute atomic E-state index is 6.44. The summed E-state index contributed by atoms with van der Waals surface area (Å²) in [5, 5.41) is 4.54. The van der Waals surface area contributed by atoms with Crippen LogP contribution in [0.25, 0.3) is 94.5 Å². The minimum atomic E-state index is 0.646. The van der Waals surface area contributed by atoms with Crippen molar-refractivity contribution in [2.45, 2.75) is 0 Å². The Hall–Kier alpha value is -6.00. The van der Waals surface area contributed by atoms with E-state index in [0.29, 0.717) is 5.95 Å². The van der Waals surface area contributed by atoms with Gasteiger partial charge in [0.25, 0.3) is 0 Å². The molecule has 0 unspecified atom stereocenters. The standard InChI is InChI=1S/C40H23N3O/c1-3-12-24(13-4-1)38-28-16-7-8-20-30(28)41-40(42-38)43-31-21-9-17-26-27-18-10-22-32-35(27)36-29(19-11-23-33(36)44-32)37(34(26)31)39(43)25-14-5-2-6-15-25/h1-23H. The van der Waals surface area contributed by atoms with Crippen LogP contribution in [0.2, 0.25) is 0 Å². The summed E-state index contributed by atoms with van der Waals surface area (Å²) >= 11 is 0. The number of rotatable bonds is 3. The van der Waals surface area contributed by atoms with Crippen LogP contribution in [0.15, 0.2) is 144 Å². The Labute approximate surface area is 252 Å². The molecule has 44 heavy (non-hydrogen) atoms. The molecule has 10 rings (SSSR count). The Morgan fingerprint density at radius 2 is 1.09 bits per heavy atom. The summed E-state index contributed by atoms with van der Waals surface area (Å²) in [6, 6.07) is 48.7.